The summed E-state index contributed by atoms with van der Waals surface area (Å²) >= 11 is 7.64. The first-order valence-electron chi connectivity index (χ1n) is 3.91. The molecule has 0 aromatic heterocycles. The Balaban J connectivity index is 3.19. The van der Waals surface area contributed by atoms with E-state index in [1.165, 1.54) is 5.56 Å². The molecule has 1 aromatic rings. The molecule has 70 valence electrons. The van der Waals surface area contributed by atoms with Gasteiger partial charge in [0.25, 0.3) is 0 Å². The summed E-state index contributed by atoms with van der Waals surface area (Å²) in [4.78, 5) is 1.01. The third-order valence-corrected chi connectivity index (χ3v) is 2.88. The van der Waals surface area contributed by atoms with Crippen LogP contribution in [0.1, 0.15) is 11.1 Å². The largest absolute Gasteiger partial charge is 0.404 e. The SMILES string of the molecule is CS/C(=C\N)c1cc(C)ccc1Cl. The van der Waals surface area contributed by atoms with Crippen LogP contribution < -0.4 is 5.73 Å². The van der Waals surface area contributed by atoms with Crippen molar-refractivity contribution in [2.45, 2.75) is 6.92 Å². The first-order chi connectivity index (χ1) is 6.19. The zero-order valence-corrected chi connectivity index (χ0v) is 9.25. The lowest BCUT2D eigenvalue weighted by molar-refractivity contribution is 1.45. The van der Waals surface area contributed by atoms with Crippen LogP contribution in [0.15, 0.2) is 24.4 Å². The van der Waals surface area contributed by atoms with Crippen molar-refractivity contribution in [3.63, 3.8) is 0 Å². The van der Waals surface area contributed by atoms with Crippen molar-refractivity contribution >= 4 is 28.3 Å². The van der Waals surface area contributed by atoms with E-state index in [9.17, 15) is 0 Å². The number of thioether (sulfide) groups is 1. The summed E-state index contributed by atoms with van der Waals surface area (Å²) in [6.45, 7) is 2.04. The summed E-state index contributed by atoms with van der Waals surface area (Å²) in [7, 11) is 0. The number of hydrogen-bond donors (Lipinski definition) is 1. The molecule has 1 rings (SSSR count). The Hall–Kier alpha value is -0.600. The Kier molecular flexibility index (Phi) is 3.70. The first-order valence-corrected chi connectivity index (χ1v) is 5.51. The van der Waals surface area contributed by atoms with Crippen molar-refractivity contribution in [2.24, 2.45) is 5.73 Å². The second kappa shape index (κ2) is 4.58. The number of benzene rings is 1. The summed E-state index contributed by atoms with van der Waals surface area (Å²) in [5, 5.41) is 0.747. The minimum atomic E-state index is 0.747. The monoisotopic (exact) mass is 213 g/mol. The van der Waals surface area contributed by atoms with Gasteiger partial charge in [0.1, 0.15) is 0 Å². The topological polar surface area (TPSA) is 26.0 Å². The van der Waals surface area contributed by atoms with Crippen molar-refractivity contribution in [2.75, 3.05) is 6.26 Å². The molecule has 1 aromatic carbocycles. The Morgan fingerprint density at radius 1 is 1.54 bits per heavy atom. The van der Waals surface area contributed by atoms with E-state index in [4.69, 9.17) is 17.3 Å². The maximum atomic E-state index is 6.04. The third kappa shape index (κ3) is 2.42. The van der Waals surface area contributed by atoms with Gasteiger partial charge in [-0.05, 0) is 25.3 Å². The van der Waals surface area contributed by atoms with Gasteiger partial charge in [0.05, 0.1) is 0 Å². The summed E-state index contributed by atoms with van der Waals surface area (Å²) in [5.74, 6) is 0. The molecular weight excluding hydrogens is 202 g/mol. The lowest BCUT2D eigenvalue weighted by Gasteiger charge is -2.06. The fourth-order valence-electron chi connectivity index (χ4n) is 1.10. The van der Waals surface area contributed by atoms with Crippen molar-refractivity contribution in [3.05, 3.63) is 40.5 Å². The Morgan fingerprint density at radius 2 is 2.23 bits per heavy atom. The van der Waals surface area contributed by atoms with Gasteiger partial charge in [-0.3, -0.25) is 0 Å². The first kappa shape index (κ1) is 10.5. The third-order valence-electron chi connectivity index (χ3n) is 1.76. The van der Waals surface area contributed by atoms with Gasteiger partial charge in [0.2, 0.25) is 0 Å². The molecule has 0 saturated heterocycles. The molecule has 0 aliphatic carbocycles. The molecule has 0 atom stereocenters. The lowest BCUT2D eigenvalue weighted by Crippen LogP contribution is -1.88. The standard InChI is InChI=1S/C10H12ClNS/c1-7-3-4-9(11)8(5-7)10(6-12)13-2/h3-6H,12H2,1-2H3/b10-6-. The second-order valence-corrected chi connectivity index (χ2v) is 3.97. The van der Waals surface area contributed by atoms with Crippen LogP contribution in [0.2, 0.25) is 5.02 Å². The highest BCUT2D eigenvalue weighted by Crippen LogP contribution is 2.30. The van der Waals surface area contributed by atoms with Crippen molar-refractivity contribution in [3.8, 4) is 0 Å². The molecule has 13 heavy (non-hydrogen) atoms. The molecule has 0 fully saturated rings. The molecule has 0 unspecified atom stereocenters. The van der Waals surface area contributed by atoms with E-state index in [1.807, 2.05) is 31.4 Å². The lowest BCUT2D eigenvalue weighted by atomic mass is 10.1. The van der Waals surface area contributed by atoms with Crippen LogP contribution >= 0.6 is 23.4 Å². The number of halogens is 1. The molecular formula is C10H12ClNS. The van der Waals surface area contributed by atoms with Gasteiger partial charge >= 0.3 is 0 Å². The maximum absolute atomic E-state index is 6.04. The van der Waals surface area contributed by atoms with E-state index >= 15 is 0 Å². The normalized spacial score (nSPS) is 11.8. The van der Waals surface area contributed by atoms with Gasteiger partial charge in [0.15, 0.2) is 0 Å². The predicted molar refractivity (Wildman–Crippen MR) is 61.9 cm³/mol. The average Bonchev–Trinajstić information content (AvgIpc) is 2.13. The van der Waals surface area contributed by atoms with Crippen LogP contribution in [0.4, 0.5) is 0 Å². The molecule has 0 aliphatic rings. The molecule has 1 nitrogen and oxygen atoms in total. The highest BCUT2D eigenvalue weighted by Gasteiger charge is 2.04. The number of aryl methyl sites for hydroxylation is 1. The average molecular weight is 214 g/mol. The van der Waals surface area contributed by atoms with E-state index in [2.05, 4.69) is 0 Å². The van der Waals surface area contributed by atoms with Gasteiger partial charge in [0, 0.05) is 21.7 Å². The Labute approximate surface area is 88.0 Å². The molecule has 0 heterocycles. The number of hydrogen-bond acceptors (Lipinski definition) is 2. The molecule has 0 radical (unpaired) electrons. The van der Waals surface area contributed by atoms with Crippen molar-refractivity contribution < 1.29 is 0 Å². The molecule has 2 N–H and O–H groups in total. The van der Waals surface area contributed by atoms with E-state index in [0.29, 0.717) is 0 Å². The van der Waals surface area contributed by atoms with Crippen LogP contribution in [-0.4, -0.2) is 6.26 Å². The van der Waals surface area contributed by atoms with Gasteiger partial charge in [-0.25, -0.2) is 0 Å². The summed E-state index contributed by atoms with van der Waals surface area (Å²) < 4.78 is 0. The highest BCUT2D eigenvalue weighted by molar-refractivity contribution is 8.07. The maximum Gasteiger partial charge on any atom is 0.0490 e. The van der Waals surface area contributed by atoms with Gasteiger partial charge in [-0.2, -0.15) is 0 Å². The van der Waals surface area contributed by atoms with Crippen LogP contribution in [0.25, 0.3) is 4.91 Å². The zero-order valence-electron chi connectivity index (χ0n) is 7.67. The Morgan fingerprint density at radius 3 is 2.77 bits per heavy atom. The summed E-state index contributed by atoms with van der Waals surface area (Å²) in [5.41, 5.74) is 7.69. The minimum absolute atomic E-state index is 0.747. The fourth-order valence-corrected chi connectivity index (χ4v) is 1.90. The Bertz CT molecular complexity index is 334. The van der Waals surface area contributed by atoms with Crippen LogP contribution in [0, 0.1) is 6.92 Å². The molecule has 0 bridgehead atoms. The summed E-state index contributed by atoms with van der Waals surface area (Å²) in [6, 6.07) is 5.92. The van der Waals surface area contributed by atoms with E-state index in [0.717, 1.165) is 15.5 Å². The molecule has 0 aliphatic heterocycles. The molecule has 0 amide bonds. The smallest absolute Gasteiger partial charge is 0.0490 e. The van der Waals surface area contributed by atoms with Crippen molar-refractivity contribution in [1.29, 1.82) is 0 Å². The minimum Gasteiger partial charge on any atom is -0.404 e. The van der Waals surface area contributed by atoms with Gasteiger partial charge < -0.3 is 5.73 Å². The second-order valence-electron chi connectivity index (χ2n) is 2.72. The van der Waals surface area contributed by atoms with E-state index in [-0.39, 0.29) is 0 Å². The molecule has 0 spiro atoms. The van der Waals surface area contributed by atoms with Gasteiger partial charge in [-0.15, -0.1) is 11.8 Å². The molecule has 0 saturated carbocycles. The van der Waals surface area contributed by atoms with Crippen LogP contribution in [-0.2, 0) is 0 Å². The number of rotatable bonds is 2. The van der Waals surface area contributed by atoms with E-state index in [1.54, 1.807) is 18.0 Å². The zero-order chi connectivity index (χ0) is 9.84. The van der Waals surface area contributed by atoms with Crippen LogP contribution in [0.3, 0.4) is 0 Å². The van der Waals surface area contributed by atoms with Crippen molar-refractivity contribution in [1.82, 2.24) is 0 Å². The fraction of sp³-hybridized carbons (Fsp3) is 0.200. The molecule has 3 heteroatoms. The summed E-state index contributed by atoms with van der Waals surface area (Å²) in [6.07, 6.45) is 3.57. The predicted octanol–water partition coefficient (Wildman–Crippen LogP) is 3.27. The van der Waals surface area contributed by atoms with E-state index < -0.39 is 0 Å². The van der Waals surface area contributed by atoms with Crippen LogP contribution in [0.5, 0.6) is 0 Å². The quantitative estimate of drug-likeness (QED) is 0.816. The highest BCUT2D eigenvalue weighted by atomic mass is 35.5. The van der Waals surface area contributed by atoms with Gasteiger partial charge in [-0.1, -0.05) is 23.2 Å². The number of nitrogens with two attached hydrogens (primary N) is 1.